The number of H-pyrrole nitrogens is 1. The Hall–Kier alpha value is -12.9. The van der Waals surface area contributed by atoms with E-state index in [2.05, 4.69) is 114 Å². The van der Waals surface area contributed by atoms with Crippen LogP contribution in [0.2, 0.25) is 0 Å². The largest absolute Gasteiger partial charge is 0.472 e. The van der Waals surface area contributed by atoms with E-state index in [-0.39, 0.29) is 30.0 Å². The molecule has 0 radical (unpaired) electrons. The number of carbonyl (C=O) groups excluding carboxylic acids is 3. The van der Waals surface area contributed by atoms with Crippen LogP contribution in [0.3, 0.4) is 0 Å². The zero-order valence-corrected chi connectivity index (χ0v) is 54.5. The number of hydrogen-bond donors (Lipinski definition) is 5. The van der Waals surface area contributed by atoms with Crippen LogP contribution in [0.25, 0.3) is 43.7 Å². The van der Waals surface area contributed by atoms with Crippen LogP contribution in [-0.4, -0.2) is 72.0 Å². The second-order valence-corrected chi connectivity index (χ2v) is 23.6. The third kappa shape index (κ3) is 16.2. The van der Waals surface area contributed by atoms with Crippen molar-refractivity contribution >= 4 is 84.7 Å². The lowest BCUT2D eigenvalue weighted by Gasteiger charge is -2.08. The number of alkyl halides is 6. The number of anilines is 4. The number of pyridine rings is 1. The van der Waals surface area contributed by atoms with Gasteiger partial charge in [-0.2, -0.15) is 46.7 Å². The fourth-order valence-corrected chi connectivity index (χ4v) is 10.9. The summed E-state index contributed by atoms with van der Waals surface area (Å²) in [6.45, 7) is 9.65. The predicted molar refractivity (Wildman–Crippen MR) is 372 cm³/mol. The molecular formula is C75H63F6N15O5. The molecule has 6 N–H and O–H groups in total. The number of rotatable bonds is 14. The van der Waals surface area contributed by atoms with Crippen molar-refractivity contribution in [2.45, 2.75) is 66.2 Å². The van der Waals surface area contributed by atoms with Gasteiger partial charge in [0.25, 0.3) is 17.7 Å². The first kappa shape index (κ1) is 68.1. The van der Waals surface area contributed by atoms with E-state index in [4.69, 9.17) is 14.7 Å². The van der Waals surface area contributed by atoms with Gasteiger partial charge < -0.3 is 35.6 Å². The summed E-state index contributed by atoms with van der Waals surface area (Å²) in [7, 11) is 0. The minimum absolute atomic E-state index is 0.150. The molecule has 101 heavy (non-hydrogen) atoms. The molecule has 0 aliphatic carbocycles. The Morgan fingerprint density at radius 1 is 0.475 bits per heavy atom. The van der Waals surface area contributed by atoms with Crippen LogP contribution in [0.5, 0.6) is 0 Å². The van der Waals surface area contributed by atoms with Crippen LogP contribution in [0, 0.1) is 27.7 Å². The lowest BCUT2D eigenvalue weighted by atomic mass is 10.1. The molecule has 8 heterocycles. The van der Waals surface area contributed by atoms with E-state index in [0.29, 0.717) is 70.9 Å². The summed E-state index contributed by atoms with van der Waals surface area (Å²) in [5.41, 5.74) is 16.5. The maximum atomic E-state index is 12.8. The molecule has 0 aliphatic heterocycles. The summed E-state index contributed by atoms with van der Waals surface area (Å²) in [4.78, 5) is 44.4. The Labute approximate surface area is 572 Å². The monoisotopic (exact) mass is 1370 g/mol. The number of aryl methyl sites for hydroxylation is 4. The number of nitrogens with zero attached hydrogens (tertiary/aromatic N) is 10. The van der Waals surface area contributed by atoms with Crippen molar-refractivity contribution in [3.05, 3.63) is 298 Å². The number of nitrogens with one attached hydrogen (secondary N) is 4. The third-order valence-electron chi connectivity index (χ3n) is 16.2. The highest BCUT2D eigenvalue weighted by atomic mass is 19.4. The van der Waals surface area contributed by atoms with Gasteiger partial charge in [-0.15, -0.1) is 0 Å². The molecule has 15 rings (SSSR count). The number of carbonyl (C=O) groups is 3. The van der Waals surface area contributed by atoms with Crippen LogP contribution in [0.15, 0.2) is 234 Å². The van der Waals surface area contributed by atoms with Gasteiger partial charge in [-0.1, -0.05) is 125 Å². The first-order chi connectivity index (χ1) is 48.6. The topological polar surface area (TPSA) is 252 Å². The average Bonchev–Trinajstić information content (AvgIpc) is 1.68. The lowest BCUT2D eigenvalue weighted by Crippen LogP contribution is -2.14. The lowest BCUT2D eigenvalue weighted by molar-refractivity contribution is -0.138. The molecule has 15 aromatic rings. The predicted octanol–water partition coefficient (Wildman–Crippen LogP) is 16.3. The smallest absolute Gasteiger partial charge is 0.416 e. The quantitative estimate of drug-likeness (QED) is 0.0638. The molecule has 7 aromatic carbocycles. The summed E-state index contributed by atoms with van der Waals surface area (Å²) < 4.78 is 92.9. The minimum atomic E-state index is -4.37. The summed E-state index contributed by atoms with van der Waals surface area (Å²) >= 11 is 0. The fourth-order valence-electron chi connectivity index (χ4n) is 10.9. The van der Waals surface area contributed by atoms with Crippen molar-refractivity contribution in [1.82, 2.24) is 54.2 Å². The number of hydrogen-bond acceptors (Lipinski definition) is 12. The van der Waals surface area contributed by atoms with E-state index < -0.39 is 23.5 Å². The van der Waals surface area contributed by atoms with Crippen LogP contribution < -0.4 is 21.7 Å². The Kier molecular flexibility index (Phi) is 19.9. The van der Waals surface area contributed by atoms with E-state index in [1.54, 1.807) is 27.7 Å². The van der Waals surface area contributed by atoms with Gasteiger partial charge in [0.05, 0.1) is 77.3 Å². The number of halogens is 6. The highest BCUT2D eigenvalue weighted by Gasteiger charge is 2.31. The molecule has 0 bridgehead atoms. The number of benzene rings is 7. The van der Waals surface area contributed by atoms with Crippen LogP contribution in [0.1, 0.15) is 87.2 Å². The third-order valence-corrected chi connectivity index (χ3v) is 16.2. The van der Waals surface area contributed by atoms with Crippen molar-refractivity contribution in [3.63, 3.8) is 0 Å². The molecule has 0 spiro atoms. The Balaban J connectivity index is 0.000000128. The maximum Gasteiger partial charge on any atom is 0.416 e. The van der Waals surface area contributed by atoms with E-state index in [9.17, 15) is 40.7 Å². The minimum Gasteiger partial charge on any atom is -0.472 e. The molecule has 0 atom stereocenters. The fraction of sp³-hybridized carbons (Fsp3) is 0.133. The Morgan fingerprint density at radius 3 is 1.33 bits per heavy atom. The number of aromatic nitrogens is 11. The highest BCUT2D eigenvalue weighted by Crippen LogP contribution is 2.33. The summed E-state index contributed by atoms with van der Waals surface area (Å²) in [6, 6.07) is 58.3. The van der Waals surface area contributed by atoms with Crippen molar-refractivity contribution in [3.8, 4) is 0 Å². The number of furan rings is 1. The second kappa shape index (κ2) is 29.5. The number of nitrogen functional groups attached to an aromatic ring is 1. The standard InChI is InChI=1S/C21H17F3N4O.C20H17N3O2.C19H16N4O2.C15H13F3N4/c1-13-10-11-25-18(13)20(29)26-19-16-4-2-3-5-17(16)28(27-19)12-14-6-8-15(9-7-14)21(22,23)24;1-14-6-8-15(9-7-14)12-23-18-5-3-2-4-17(18)19(22-23)21-20(24)16-10-11-25-13-16;1-13-6-8-14(9-7-13)12-23-16-5-3-2-4-15(16)18(22-23)21-19(24)17-10-11-20-25-17;1-9-2-7-12-13(19)21-22(14(12)20-9)8-10-3-5-11(6-4-10)15(16,17)18/h2-11,25H,12H2,1H3,(H,26,27,29);2-11,13H,12H2,1H3,(H,21,22,24);2-11H,12H2,1H3,(H,21,22,24);2-7H,8H2,1H3,(H2,19,21). The molecule has 0 aliphatic rings. The molecule has 0 saturated carbocycles. The Morgan fingerprint density at radius 2 is 0.911 bits per heavy atom. The van der Waals surface area contributed by atoms with E-state index in [0.717, 1.165) is 84.7 Å². The van der Waals surface area contributed by atoms with Crippen LogP contribution in [0.4, 0.5) is 49.6 Å². The highest BCUT2D eigenvalue weighted by molar-refractivity contribution is 6.09. The second-order valence-electron chi connectivity index (χ2n) is 23.6. The molecule has 3 amide bonds. The summed E-state index contributed by atoms with van der Waals surface area (Å²) in [5, 5.41) is 33.2. The number of amides is 3. The van der Waals surface area contributed by atoms with Gasteiger partial charge in [0.1, 0.15) is 12.0 Å². The van der Waals surface area contributed by atoms with Crippen molar-refractivity contribution in [2.24, 2.45) is 0 Å². The average molecular weight is 1370 g/mol. The number of aromatic amines is 1. The van der Waals surface area contributed by atoms with Gasteiger partial charge in [-0.05, 0) is 140 Å². The molecule has 0 unspecified atom stereocenters. The molecule has 510 valence electrons. The SMILES string of the molecule is Cc1cc[nH]c1C(=O)Nc1nn(Cc2ccc(C(F)(F)F)cc2)c2ccccc12.Cc1ccc(Cn2nc(NC(=O)c3ccno3)c3ccccc32)cc1.Cc1ccc(Cn2nc(NC(=O)c3ccoc3)c3ccccc32)cc1.Cc1ccc2c(N)nn(Cc3ccc(C(F)(F)F)cc3)c2n1. The van der Waals surface area contributed by atoms with Crippen LogP contribution in [-0.2, 0) is 38.5 Å². The van der Waals surface area contributed by atoms with Crippen molar-refractivity contribution in [1.29, 1.82) is 0 Å². The normalized spacial score (nSPS) is 11.4. The molecule has 0 saturated heterocycles. The number of para-hydroxylation sites is 3. The maximum absolute atomic E-state index is 12.8. The molecule has 20 nitrogen and oxygen atoms in total. The summed E-state index contributed by atoms with van der Waals surface area (Å²) in [5.74, 6) is 1.04. The first-order valence-corrected chi connectivity index (χ1v) is 31.5. The van der Waals surface area contributed by atoms with Crippen molar-refractivity contribution < 1.29 is 49.7 Å². The van der Waals surface area contributed by atoms with Crippen molar-refractivity contribution in [2.75, 3.05) is 21.7 Å². The molecule has 8 aromatic heterocycles. The summed E-state index contributed by atoms with van der Waals surface area (Å²) in [6.07, 6.45) is -2.69. The molecule has 26 heteroatoms. The first-order valence-electron chi connectivity index (χ1n) is 31.5. The van der Waals surface area contributed by atoms with E-state index in [1.165, 1.54) is 60.2 Å². The van der Waals surface area contributed by atoms with E-state index >= 15 is 0 Å². The Bertz CT molecular complexity index is 5200. The number of fused-ring (bicyclic) bond motifs is 4. The van der Waals surface area contributed by atoms with Gasteiger partial charge in [-0.3, -0.25) is 28.4 Å². The number of nitrogens with two attached hydrogens (primary N) is 1. The zero-order chi connectivity index (χ0) is 71.0. The van der Waals surface area contributed by atoms with Gasteiger partial charge in [0.15, 0.2) is 28.9 Å². The zero-order valence-electron chi connectivity index (χ0n) is 54.5. The van der Waals surface area contributed by atoms with Gasteiger partial charge in [0.2, 0.25) is 5.76 Å². The van der Waals surface area contributed by atoms with Gasteiger partial charge in [-0.25, -0.2) is 9.67 Å². The van der Waals surface area contributed by atoms with Gasteiger partial charge >= 0.3 is 12.4 Å². The molecule has 0 fully saturated rings. The van der Waals surface area contributed by atoms with E-state index in [1.807, 2.05) is 108 Å². The van der Waals surface area contributed by atoms with Crippen LogP contribution >= 0.6 is 0 Å². The van der Waals surface area contributed by atoms with Gasteiger partial charge in [0, 0.05) is 34.1 Å². The molecular weight excluding hydrogens is 1300 g/mol.